The van der Waals surface area contributed by atoms with Crippen molar-refractivity contribution in [1.29, 1.82) is 0 Å². The van der Waals surface area contributed by atoms with Crippen molar-refractivity contribution in [3.05, 3.63) is 39.4 Å². The Morgan fingerprint density at radius 3 is 2.88 bits per heavy atom. The van der Waals surface area contributed by atoms with Crippen LogP contribution in [0.25, 0.3) is 0 Å². The number of thioether (sulfide) groups is 1. The van der Waals surface area contributed by atoms with Crippen LogP contribution >= 0.6 is 23.4 Å². The number of carbonyl (C=O) groups excluding carboxylic acids is 2. The second-order valence-corrected chi connectivity index (χ2v) is 8.46. The predicted octanol–water partition coefficient (Wildman–Crippen LogP) is 3.74. The SMILES string of the molecule is CC(C)(C)C(=O)/C=C1\SCC(=O)N1Cc1cc(Cl)cc2c1OCOC2. The van der Waals surface area contributed by atoms with Crippen molar-refractivity contribution in [2.75, 3.05) is 12.5 Å². The van der Waals surface area contributed by atoms with Crippen LogP contribution in [0.1, 0.15) is 31.9 Å². The number of fused-ring (bicyclic) bond motifs is 1. The van der Waals surface area contributed by atoms with Gasteiger partial charge in [-0.3, -0.25) is 9.59 Å². The number of amides is 1. The van der Waals surface area contributed by atoms with Gasteiger partial charge >= 0.3 is 0 Å². The number of ether oxygens (including phenoxy) is 2. The summed E-state index contributed by atoms with van der Waals surface area (Å²) < 4.78 is 10.9. The molecule has 1 aromatic rings. The fraction of sp³-hybridized carbons (Fsp3) is 0.444. The van der Waals surface area contributed by atoms with E-state index in [4.69, 9.17) is 21.1 Å². The van der Waals surface area contributed by atoms with E-state index in [0.717, 1.165) is 11.1 Å². The molecule has 0 atom stereocenters. The van der Waals surface area contributed by atoms with Crippen molar-refractivity contribution in [2.45, 2.75) is 33.9 Å². The predicted molar refractivity (Wildman–Crippen MR) is 97.3 cm³/mol. The quantitative estimate of drug-likeness (QED) is 0.746. The lowest BCUT2D eigenvalue weighted by atomic mass is 9.91. The van der Waals surface area contributed by atoms with E-state index in [1.807, 2.05) is 20.8 Å². The van der Waals surface area contributed by atoms with Gasteiger partial charge in [0.15, 0.2) is 12.6 Å². The highest BCUT2D eigenvalue weighted by Crippen LogP contribution is 2.37. The molecule has 1 fully saturated rings. The molecule has 2 aliphatic rings. The molecule has 0 aliphatic carbocycles. The molecule has 0 saturated carbocycles. The van der Waals surface area contributed by atoms with Gasteiger partial charge in [0.1, 0.15) is 5.75 Å². The number of halogens is 1. The van der Waals surface area contributed by atoms with Crippen molar-refractivity contribution in [3.63, 3.8) is 0 Å². The lowest BCUT2D eigenvalue weighted by Gasteiger charge is -2.24. The topological polar surface area (TPSA) is 55.8 Å². The van der Waals surface area contributed by atoms with Crippen LogP contribution in [0.3, 0.4) is 0 Å². The Labute approximate surface area is 156 Å². The zero-order valence-corrected chi connectivity index (χ0v) is 16.0. The molecule has 5 nitrogen and oxygen atoms in total. The van der Waals surface area contributed by atoms with Crippen LogP contribution in [-0.4, -0.2) is 29.1 Å². The van der Waals surface area contributed by atoms with Crippen molar-refractivity contribution in [2.24, 2.45) is 5.41 Å². The highest BCUT2D eigenvalue weighted by molar-refractivity contribution is 8.04. The number of benzene rings is 1. The second kappa shape index (κ2) is 7.02. The molecule has 0 radical (unpaired) electrons. The zero-order chi connectivity index (χ0) is 18.2. The number of ketones is 1. The van der Waals surface area contributed by atoms with Gasteiger partial charge in [0.25, 0.3) is 0 Å². The summed E-state index contributed by atoms with van der Waals surface area (Å²) in [7, 11) is 0. The van der Waals surface area contributed by atoms with Gasteiger partial charge in [-0.15, -0.1) is 0 Å². The zero-order valence-electron chi connectivity index (χ0n) is 14.4. The van der Waals surface area contributed by atoms with Crippen LogP contribution in [0.15, 0.2) is 23.2 Å². The number of allylic oxidation sites excluding steroid dienone is 1. The van der Waals surface area contributed by atoms with E-state index in [-0.39, 0.29) is 18.5 Å². The molecule has 1 aromatic carbocycles. The van der Waals surface area contributed by atoms with E-state index in [2.05, 4.69) is 0 Å². The molecule has 0 N–H and O–H groups in total. The van der Waals surface area contributed by atoms with E-state index in [1.165, 1.54) is 11.8 Å². The minimum atomic E-state index is -0.486. The highest BCUT2D eigenvalue weighted by atomic mass is 35.5. The normalized spacial score (nSPS) is 19.1. The first kappa shape index (κ1) is 18.3. The summed E-state index contributed by atoms with van der Waals surface area (Å²) >= 11 is 7.58. The molecule has 0 unspecified atom stereocenters. The molecule has 134 valence electrons. The third-order valence-electron chi connectivity index (χ3n) is 3.98. The van der Waals surface area contributed by atoms with Crippen LogP contribution in [-0.2, 0) is 27.5 Å². The number of hydrogen-bond acceptors (Lipinski definition) is 5. The highest BCUT2D eigenvalue weighted by Gasteiger charge is 2.31. The van der Waals surface area contributed by atoms with Gasteiger partial charge in [0.2, 0.25) is 5.91 Å². The summed E-state index contributed by atoms with van der Waals surface area (Å²) in [6.07, 6.45) is 1.57. The average molecular weight is 382 g/mol. The monoisotopic (exact) mass is 381 g/mol. The minimum absolute atomic E-state index is 0.00697. The van der Waals surface area contributed by atoms with Crippen LogP contribution in [0.5, 0.6) is 5.75 Å². The van der Waals surface area contributed by atoms with E-state index in [0.29, 0.717) is 34.7 Å². The fourth-order valence-electron chi connectivity index (χ4n) is 2.57. The number of carbonyl (C=O) groups is 2. The summed E-state index contributed by atoms with van der Waals surface area (Å²) in [6, 6.07) is 3.60. The Morgan fingerprint density at radius 1 is 1.40 bits per heavy atom. The average Bonchev–Trinajstić information content (AvgIpc) is 2.87. The Morgan fingerprint density at radius 2 is 2.16 bits per heavy atom. The smallest absolute Gasteiger partial charge is 0.238 e. The first-order chi connectivity index (χ1) is 11.8. The van der Waals surface area contributed by atoms with Crippen molar-refractivity contribution < 1.29 is 19.1 Å². The van der Waals surface area contributed by atoms with Gasteiger partial charge < -0.3 is 14.4 Å². The maximum atomic E-state index is 12.3. The number of rotatable bonds is 3. The van der Waals surface area contributed by atoms with Crippen molar-refractivity contribution in [1.82, 2.24) is 4.90 Å². The first-order valence-electron chi connectivity index (χ1n) is 7.97. The van der Waals surface area contributed by atoms with Crippen LogP contribution in [0.2, 0.25) is 5.02 Å². The maximum absolute atomic E-state index is 12.3. The molecule has 1 saturated heterocycles. The summed E-state index contributed by atoms with van der Waals surface area (Å²) in [5, 5.41) is 1.24. The number of hydrogen-bond donors (Lipinski definition) is 0. The fourth-order valence-corrected chi connectivity index (χ4v) is 3.78. The van der Waals surface area contributed by atoms with Crippen LogP contribution in [0, 0.1) is 5.41 Å². The molecular weight excluding hydrogens is 362 g/mol. The van der Waals surface area contributed by atoms with Crippen molar-refractivity contribution >= 4 is 35.1 Å². The number of nitrogens with zero attached hydrogens (tertiary/aromatic N) is 1. The third-order valence-corrected chi connectivity index (χ3v) is 5.23. The molecule has 2 aliphatic heterocycles. The van der Waals surface area contributed by atoms with E-state index >= 15 is 0 Å². The summed E-state index contributed by atoms with van der Waals surface area (Å²) in [4.78, 5) is 26.3. The summed E-state index contributed by atoms with van der Waals surface area (Å²) in [6.45, 7) is 6.50. The Bertz CT molecular complexity index is 754. The van der Waals surface area contributed by atoms with Gasteiger partial charge in [-0.1, -0.05) is 44.1 Å². The van der Waals surface area contributed by atoms with Gasteiger partial charge in [-0.05, 0) is 12.1 Å². The first-order valence-corrected chi connectivity index (χ1v) is 9.33. The molecule has 7 heteroatoms. The standard InChI is InChI=1S/C18H20ClNO4S/c1-18(2,3)14(21)6-16-20(15(22)9-25-16)7-11-4-13(19)5-12-8-23-10-24-17(11)12/h4-6H,7-10H2,1-3H3/b16-6-. The van der Waals surface area contributed by atoms with Gasteiger partial charge in [0, 0.05) is 27.6 Å². The minimum Gasteiger partial charge on any atom is -0.467 e. The molecule has 25 heavy (non-hydrogen) atoms. The molecule has 0 bridgehead atoms. The molecule has 0 spiro atoms. The van der Waals surface area contributed by atoms with Gasteiger partial charge in [-0.25, -0.2) is 0 Å². The van der Waals surface area contributed by atoms with E-state index < -0.39 is 5.41 Å². The second-order valence-electron chi connectivity index (χ2n) is 7.03. The Balaban J connectivity index is 1.91. The van der Waals surface area contributed by atoms with Gasteiger partial charge in [0.05, 0.1) is 23.9 Å². The maximum Gasteiger partial charge on any atom is 0.238 e. The Kier molecular flexibility index (Phi) is 5.14. The summed E-state index contributed by atoms with van der Waals surface area (Å²) in [5.74, 6) is 1.00. The molecule has 0 aromatic heterocycles. The third kappa shape index (κ3) is 4.02. The van der Waals surface area contributed by atoms with Crippen LogP contribution in [0.4, 0.5) is 0 Å². The Hall–Kier alpha value is -1.50. The van der Waals surface area contributed by atoms with Gasteiger partial charge in [-0.2, -0.15) is 0 Å². The largest absolute Gasteiger partial charge is 0.467 e. The van der Waals surface area contributed by atoms with E-state index in [9.17, 15) is 9.59 Å². The lowest BCUT2D eigenvalue weighted by molar-refractivity contribution is -0.125. The molecule has 2 heterocycles. The molecule has 1 amide bonds. The van der Waals surface area contributed by atoms with Crippen molar-refractivity contribution in [3.8, 4) is 5.75 Å². The lowest BCUT2D eigenvalue weighted by Crippen LogP contribution is -2.26. The van der Waals surface area contributed by atoms with E-state index in [1.54, 1.807) is 23.1 Å². The molecule has 3 rings (SSSR count). The van der Waals surface area contributed by atoms with Crippen LogP contribution < -0.4 is 4.74 Å². The molecular formula is C18H20ClNO4S. The summed E-state index contributed by atoms with van der Waals surface area (Å²) in [5.41, 5.74) is 1.20.